The molecule has 0 aliphatic heterocycles. The quantitative estimate of drug-likeness (QED) is 0.531. The summed E-state index contributed by atoms with van der Waals surface area (Å²) in [7, 11) is 1.51. The van der Waals surface area contributed by atoms with E-state index in [1.54, 1.807) is 0 Å². The van der Waals surface area contributed by atoms with Crippen LogP contribution in [0.4, 0.5) is 11.4 Å². The summed E-state index contributed by atoms with van der Waals surface area (Å²) in [4.78, 5) is 29.5. The molecule has 20 heavy (non-hydrogen) atoms. The molecule has 0 radical (unpaired) electrons. The van der Waals surface area contributed by atoms with Gasteiger partial charge in [-0.3, -0.25) is 14.9 Å². The maximum Gasteiger partial charge on any atom is 0.287 e. The number of nitrogens with zero attached hydrogens (tertiary/aromatic N) is 4. The van der Waals surface area contributed by atoms with Gasteiger partial charge in [-0.15, -0.1) is 0 Å². The molecule has 1 amide bonds. The Labute approximate surface area is 122 Å². The minimum absolute atomic E-state index is 0.0259. The summed E-state index contributed by atoms with van der Waals surface area (Å²) in [6.07, 6.45) is 2.37. The lowest BCUT2D eigenvalue weighted by atomic mass is 10.3. The molecule has 0 spiro atoms. The predicted molar refractivity (Wildman–Crippen MR) is 72.1 cm³/mol. The summed E-state index contributed by atoms with van der Waals surface area (Å²) in [5, 5.41) is 13.0. The van der Waals surface area contributed by atoms with Crippen molar-refractivity contribution in [3.8, 4) is 0 Å². The first-order valence-electron chi connectivity index (χ1n) is 5.18. The van der Waals surface area contributed by atoms with E-state index in [4.69, 9.17) is 23.2 Å². The predicted octanol–water partition coefficient (Wildman–Crippen LogP) is 2.28. The van der Waals surface area contributed by atoms with E-state index in [0.29, 0.717) is 0 Å². The largest absolute Gasteiger partial charge is 0.340 e. The Balaban J connectivity index is 2.31. The van der Waals surface area contributed by atoms with Crippen LogP contribution in [0.25, 0.3) is 0 Å². The lowest BCUT2D eigenvalue weighted by Gasteiger charge is -2.07. The third-order valence-corrected chi connectivity index (χ3v) is 3.00. The molecule has 0 aromatic carbocycles. The molecule has 1 N–H and O–H groups in total. The molecule has 2 aromatic rings. The average molecular weight is 316 g/mol. The number of hydrogen-bond donors (Lipinski definition) is 1. The second-order valence-electron chi connectivity index (χ2n) is 3.74. The normalized spacial score (nSPS) is 10.3. The Hall–Kier alpha value is -2.19. The molecule has 0 atom stereocenters. The van der Waals surface area contributed by atoms with Gasteiger partial charge in [0.15, 0.2) is 10.3 Å². The summed E-state index contributed by atoms with van der Waals surface area (Å²) in [5.74, 6) is -0.612. The van der Waals surface area contributed by atoms with Crippen LogP contribution in [0.3, 0.4) is 0 Å². The SMILES string of the molecule is Cn1cc([N+](=O)[O-])cc1C(=O)Nc1c(Cl)ncnc1Cl. The monoisotopic (exact) mass is 315 g/mol. The molecule has 0 fully saturated rings. The highest BCUT2D eigenvalue weighted by Crippen LogP contribution is 2.26. The van der Waals surface area contributed by atoms with Gasteiger partial charge in [-0.2, -0.15) is 0 Å². The fourth-order valence-electron chi connectivity index (χ4n) is 1.50. The van der Waals surface area contributed by atoms with Gasteiger partial charge in [-0.25, -0.2) is 9.97 Å². The van der Waals surface area contributed by atoms with Crippen molar-refractivity contribution in [2.45, 2.75) is 0 Å². The number of halogens is 2. The fraction of sp³-hybridized carbons (Fsp3) is 0.100. The maximum absolute atomic E-state index is 12.0. The highest BCUT2D eigenvalue weighted by Gasteiger charge is 2.19. The van der Waals surface area contributed by atoms with Crippen molar-refractivity contribution < 1.29 is 9.72 Å². The summed E-state index contributed by atoms with van der Waals surface area (Å²) in [6.45, 7) is 0. The van der Waals surface area contributed by atoms with Crippen LogP contribution in [0.1, 0.15) is 10.5 Å². The van der Waals surface area contributed by atoms with Crippen LogP contribution < -0.4 is 5.32 Å². The zero-order valence-corrected chi connectivity index (χ0v) is 11.5. The molecular weight excluding hydrogens is 309 g/mol. The summed E-state index contributed by atoms with van der Waals surface area (Å²) in [6, 6.07) is 1.14. The molecular formula is C10H7Cl2N5O3. The summed E-state index contributed by atoms with van der Waals surface area (Å²) < 4.78 is 1.32. The highest BCUT2D eigenvalue weighted by atomic mass is 35.5. The van der Waals surface area contributed by atoms with E-state index < -0.39 is 10.8 Å². The molecule has 8 nitrogen and oxygen atoms in total. The Kier molecular flexibility index (Phi) is 3.86. The van der Waals surface area contributed by atoms with Crippen molar-refractivity contribution in [3.63, 3.8) is 0 Å². The van der Waals surface area contributed by atoms with Crippen molar-refractivity contribution in [2.24, 2.45) is 7.05 Å². The molecule has 0 aliphatic carbocycles. The maximum atomic E-state index is 12.0. The zero-order chi connectivity index (χ0) is 14.9. The summed E-state index contributed by atoms with van der Waals surface area (Å²) >= 11 is 11.6. The molecule has 0 aliphatic rings. The van der Waals surface area contributed by atoms with Gasteiger partial charge in [-0.05, 0) is 0 Å². The van der Waals surface area contributed by atoms with E-state index in [0.717, 1.165) is 12.4 Å². The first-order chi connectivity index (χ1) is 9.40. The number of nitro groups is 1. The van der Waals surface area contributed by atoms with Crippen LogP contribution in [-0.4, -0.2) is 25.4 Å². The third kappa shape index (κ3) is 2.70. The smallest absolute Gasteiger partial charge is 0.287 e. The first-order valence-corrected chi connectivity index (χ1v) is 5.94. The number of carbonyl (C=O) groups is 1. The number of aromatic nitrogens is 3. The third-order valence-electron chi connectivity index (χ3n) is 2.43. The van der Waals surface area contributed by atoms with Gasteiger partial charge >= 0.3 is 0 Å². The van der Waals surface area contributed by atoms with Crippen molar-refractivity contribution in [1.82, 2.24) is 14.5 Å². The highest BCUT2D eigenvalue weighted by molar-refractivity contribution is 6.38. The Bertz CT molecular complexity index is 680. The molecule has 2 rings (SSSR count). The second-order valence-corrected chi connectivity index (χ2v) is 4.45. The minimum atomic E-state index is -0.612. The Morgan fingerprint density at radius 3 is 2.50 bits per heavy atom. The van der Waals surface area contributed by atoms with E-state index >= 15 is 0 Å². The van der Waals surface area contributed by atoms with Gasteiger partial charge < -0.3 is 9.88 Å². The molecule has 0 bridgehead atoms. The topological polar surface area (TPSA) is 103 Å². The minimum Gasteiger partial charge on any atom is -0.340 e. The number of rotatable bonds is 3. The number of carbonyl (C=O) groups excluding carboxylic acids is 1. The van der Waals surface area contributed by atoms with Gasteiger partial charge in [0.05, 0.1) is 11.1 Å². The van der Waals surface area contributed by atoms with Gasteiger partial charge in [0.2, 0.25) is 0 Å². The second kappa shape index (κ2) is 5.43. The lowest BCUT2D eigenvalue weighted by molar-refractivity contribution is -0.384. The number of amides is 1. The summed E-state index contributed by atoms with van der Waals surface area (Å²) in [5.41, 5.74) is -0.0727. The molecule has 0 saturated heterocycles. The number of hydrogen-bond acceptors (Lipinski definition) is 5. The van der Waals surface area contributed by atoms with Gasteiger partial charge in [0.1, 0.15) is 17.7 Å². The van der Waals surface area contributed by atoms with Crippen LogP contribution in [0.2, 0.25) is 10.3 Å². The van der Waals surface area contributed by atoms with Crippen molar-refractivity contribution in [2.75, 3.05) is 5.32 Å². The van der Waals surface area contributed by atoms with Crippen LogP contribution in [0, 0.1) is 10.1 Å². The standard InChI is InChI=1S/C10H7Cl2N5O3/c1-16-3-5(17(19)20)2-6(16)10(18)15-7-8(11)13-4-14-9(7)12/h2-4H,1H3,(H,15,18). The van der Waals surface area contributed by atoms with Crippen molar-refractivity contribution >= 4 is 40.5 Å². The first kappa shape index (κ1) is 14.2. The molecule has 104 valence electrons. The Morgan fingerprint density at radius 2 is 2.00 bits per heavy atom. The van der Waals surface area contributed by atoms with E-state index in [9.17, 15) is 14.9 Å². The zero-order valence-electron chi connectivity index (χ0n) is 10.0. The van der Waals surface area contributed by atoms with Crippen LogP contribution >= 0.6 is 23.2 Å². The molecule has 10 heteroatoms. The number of anilines is 1. The number of nitrogens with one attached hydrogen (secondary N) is 1. The molecule has 0 saturated carbocycles. The van der Waals surface area contributed by atoms with Gasteiger partial charge in [-0.1, -0.05) is 23.2 Å². The number of aryl methyl sites for hydroxylation is 1. The fourth-order valence-corrected chi connectivity index (χ4v) is 1.91. The Morgan fingerprint density at radius 1 is 1.40 bits per heavy atom. The lowest BCUT2D eigenvalue weighted by Crippen LogP contribution is -2.16. The van der Waals surface area contributed by atoms with Gasteiger partial charge in [0.25, 0.3) is 11.6 Å². The van der Waals surface area contributed by atoms with Crippen molar-refractivity contribution in [1.29, 1.82) is 0 Å². The van der Waals surface area contributed by atoms with Crippen LogP contribution in [-0.2, 0) is 7.05 Å². The molecule has 2 heterocycles. The van der Waals surface area contributed by atoms with E-state index in [-0.39, 0.29) is 27.4 Å². The molecule has 0 unspecified atom stereocenters. The molecule has 2 aromatic heterocycles. The van der Waals surface area contributed by atoms with Crippen LogP contribution in [0.5, 0.6) is 0 Å². The van der Waals surface area contributed by atoms with E-state index in [1.807, 2.05) is 0 Å². The average Bonchev–Trinajstić information content (AvgIpc) is 2.76. The van der Waals surface area contributed by atoms with E-state index in [2.05, 4.69) is 15.3 Å². The van der Waals surface area contributed by atoms with E-state index in [1.165, 1.54) is 17.8 Å². The van der Waals surface area contributed by atoms with Crippen LogP contribution in [0.15, 0.2) is 18.6 Å². The van der Waals surface area contributed by atoms with Gasteiger partial charge in [0, 0.05) is 13.1 Å². The van der Waals surface area contributed by atoms with Crippen molar-refractivity contribution in [3.05, 3.63) is 44.7 Å².